The minimum absolute atomic E-state index is 0.0832. The van der Waals surface area contributed by atoms with Gasteiger partial charge in [0.05, 0.1) is 35.2 Å². The van der Waals surface area contributed by atoms with Crippen LogP contribution in [-0.2, 0) is 28.3 Å². The van der Waals surface area contributed by atoms with Crippen molar-refractivity contribution in [3.63, 3.8) is 0 Å². The molecule has 0 radical (unpaired) electrons. The number of hydrogen-bond donors (Lipinski definition) is 3. The molecule has 2 aliphatic heterocycles. The van der Waals surface area contributed by atoms with Crippen LogP contribution in [0.15, 0.2) is 64.5 Å². The first-order valence-corrected chi connectivity index (χ1v) is 13.0. The molecule has 0 unspecified atom stereocenters. The number of nitrogens with one attached hydrogen (secondary N) is 2. The number of para-hydroxylation sites is 1. The van der Waals surface area contributed by atoms with Crippen molar-refractivity contribution in [2.24, 2.45) is 5.10 Å². The van der Waals surface area contributed by atoms with Gasteiger partial charge in [0.25, 0.3) is 5.56 Å². The van der Waals surface area contributed by atoms with Crippen LogP contribution in [0.5, 0.6) is 0 Å². The highest BCUT2D eigenvalue weighted by Crippen LogP contribution is 2.39. The Balaban J connectivity index is 1.41. The van der Waals surface area contributed by atoms with E-state index in [1.165, 1.54) is 0 Å². The Hall–Kier alpha value is -4.41. The number of rotatable bonds is 4. The number of carbonyl (C=O) groups excluding carboxylic acids is 1. The Kier molecular flexibility index (Phi) is 6.00. The first kappa shape index (κ1) is 24.9. The van der Waals surface area contributed by atoms with Crippen molar-refractivity contribution >= 4 is 46.1 Å². The average molecular weight is 540 g/mol. The summed E-state index contributed by atoms with van der Waals surface area (Å²) in [5.41, 5.74) is 6.70. The number of carbonyl (C=O) groups is 1. The molecule has 1 atom stereocenters. The van der Waals surface area contributed by atoms with Crippen molar-refractivity contribution in [3.8, 4) is 11.4 Å². The summed E-state index contributed by atoms with van der Waals surface area (Å²) in [7, 11) is 0. The number of aromatic nitrogens is 2. The van der Waals surface area contributed by atoms with Gasteiger partial charge in [-0.2, -0.15) is 5.10 Å². The maximum absolute atomic E-state index is 13.5. The number of benzene rings is 2. The van der Waals surface area contributed by atoms with Crippen molar-refractivity contribution in [3.05, 3.63) is 92.8 Å². The molecule has 0 aliphatic carbocycles. The van der Waals surface area contributed by atoms with Crippen molar-refractivity contribution < 1.29 is 14.6 Å². The molecule has 4 aromatic rings. The molecule has 2 aromatic heterocycles. The third-order valence-corrected chi connectivity index (χ3v) is 7.50. The average Bonchev–Trinajstić information content (AvgIpc) is 3.30. The molecule has 3 N–H and O–H groups in total. The maximum Gasteiger partial charge on any atom is 0.343 e. The van der Waals surface area contributed by atoms with E-state index in [0.717, 1.165) is 33.3 Å². The predicted octanol–water partition coefficient (Wildman–Crippen LogP) is 3.71. The Bertz CT molecular complexity index is 1760. The summed E-state index contributed by atoms with van der Waals surface area (Å²) < 4.78 is 6.78. The largest absolute Gasteiger partial charge is 0.458 e. The summed E-state index contributed by atoms with van der Waals surface area (Å²) in [4.78, 5) is 30.9. The van der Waals surface area contributed by atoms with Crippen LogP contribution in [0.25, 0.3) is 22.3 Å². The summed E-state index contributed by atoms with van der Waals surface area (Å²) in [6.07, 6.45) is 1.76. The zero-order chi connectivity index (χ0) is 27.3. The van der Waals surface area contributed by atoms with Gasteiger partial charge >= 0.3 is 5.97 Å². The number of pyridine rings is 2. The summed E-state index contributed by atoms with van der Waals surface area (Å²) in [6.45, 7) is 3.78. The fourth-order valence-electron chi connectivity index (χ4n) is 5.16. The molecule has 0 saturated heterocycles. The van der Waals surface area contributed by atoms with Gasteiger partial charge in [-0.3, -0.25) is 10.2 Å². The number of anilines is 1. The minimum atomic E-state index is -1.88. The Morgan fingerprint density at radius 2 is 1.97 bits per heavy atom. The van der Waals surface area contributed by atoms with Crippen LogP contribution in [0, 0.1) is 6.92 Å². The van der Waals surface area contributed by atoms with Gasteiger partial charge in [0.15, 0.2) is 10.7 Å². The molecule has 6 rings (SSSR count). The van der Waals surface area contributed by atoms with Crippen molar-refractivity contribution in [2.45, 2.75) is 39.0 Å². The second kappa shape index (κ2) is 9.40. The van der Waals surface area contributed by atoms with E-state index < -0.39 is 11.6 Å². The smallest absolute Gasteiger partial charge is 0.343 e. The Morgan fingerprint density at radius 3 is 2.74 bits per heavy atom. The van der Waals surface area contributed by atoms with E-state index in [1.807, 2.05) is 55.5 Å². The van der Waals surface area contributed by atoms with Gasteiger partial charge in [0.1, 0.15) is 6.61 Å². The quantitative estimate of drug-likeness (QED) is 0.137. The third-order valence-electron chi connectivity index (χ3n) is 7.31. The molecule has 0 saturated carbocycles. The van der Waals surface area contributed by atoms with Crippen molar-refractivity contribution in [1.29, 1.82) is 0 Å². The van der Waals surface area contributed by atoms with Gasteiger partial charge in [0, 0.05) is 27.8 Å². The van der Waals surface area contributed by atoms with Gasteiger partial charge in [-0.15, -0.1) is 0 Å². The van der Waals surface area contributed by atoms with E-state index in [9.17, 15) is 14.7 Å². The fourth-order valence-corrected chi connectivity index (χ4v) is 5.33. The molecule has 0 fully saturated rings. The number of thiocarbonyl (C=S) groups is 1. The number of cyclic esters (lactones) is 1. The van der Waals surface area contributed by atoms with Crippen LogP contribution in [0.1, 0.15) is 41.2 Å². The van der Waals surface area contributed by atoms with Crippen LogP contribution in [0.2, 0.25) is 0 Å². The summed E-state index contributed by atoms with van der Waals surface area (Å²) in [6, 6.07) is 17.2. The lowest BCUT2D eigenvalue weighted by atomic mass is 9.86. The van der Waals surface area contributed by atoms with E-state index in [-0.39, 0.29) is 36.3 Å². The lowest BCUT2D eigenvalue weighted by molar-refractivity contribution is -0.172. The first-order valence-electron chi connectivity index (χ1n) is 12.6. The standard InChI is InChI=1S/C29H25N5O4S/c1-3-29(37)22-12-24-25-20(14-34(24)26(35)21(22)15-38-27(29)36)19(18-6-4-5-7-23(18)32-25)13-30-33-28(39)31-17-10-8-16(2)9-11-17/h4-13,37H,3,14-15H2,1-2H3,(H2,31,33,39)/t29-/m0/s1. The number of aliphatic hydroxyl groups is 1. The van der Waals surface area contributed by atoms with Crippen molar-refractivity contribution in [1.82, 2.24) is 15.0 Å². The lowest BCUT2D eigenvalue weighted by Gasteiger charge is -2.31. The van der Waals surface area contributed by atoms with Crippen LogP contribution in [0.3, 0.4) is 0 Å². The van der Waals surface area contributed by atoms with E-state index in [0.29, 0.717) is 16.5 Å². The number of esters is 1. The Morgan fingerprint density at radius 1 is 1.21 bits per heavy atom. The van der Waals surface area contributed by atoms with Crippen LogP contribution in [-0.4, -0.2) is 32.0 Å². The highest BCUT2D eigenvalue weighted by Gasteiger charge is 2.45. The monoisotopic (exact) mass is 539 g/mol. The number of aryl methyl sites for hydroxylation is 1. The van der Waals surface area contributed by atoms with Gasteiger partial charge in [-0.1, -0.05) is 42.8 Å². The van der Waals surface area contributed by atoms with E-state index in [2.05, 4.69) is 15.8 Å². The first-order chi connectivity index (χ1) is 18.8. The molecule has 0 bridgehead atoms. The Labute approximate surface area is 229 Å². The van der Waals surface area contributed by atoms with Crippen molar-refractivity contribution in [2.75, 3.05) is 5.32 Å². The highest BCUT2D eigenvalue weighted by atomic mass is 32.1. The zero-order valence-corrected chi connectivity index (χ0v) is 22.1. The topological polar surface area (TPSA) is 118 Å². The predicted molar refractivity (Wildman–Crippen MR) is 153 cm³/mol. The van der Waals surface area contributed by atoms with Gasteiger partial charge < -0.3 is 19.7 Å². The molecule has 2 aliphatic rings. The second-order valence-corrected chi connectivity index (χ2v) is 10.1. The molecule has 0 spiro atoms. The van der Waals surface area contributed by atoms with Crippen LogP contribution >= 0.6 is 12.2 Å². The molecule has 2 aromatic carbocycles. The number of fused-ring (bicyclic) bond motifs is 5. The number of nitrogens with zero attached hydrogens (tertiary/aromatic N) is 3. The van der Waals surface area contributed by atoms with E-state index >= 15 is 0 Å². The van der Waals surface area contributed by atoms with Crippen LogP contribution in [0.4, 0.5) is 5.69 Å². The minimum Gasteiger partial charge on any atom is -0.458 e. The maximum atomic E-state index is 13.5. The third kappa shape index (κ3) is 4.08. The van der Waals surface area contributed by atoms with Crippen LogP contribution < -0.4 is 16.3 Å². The second-order valence-electron chi connectivity index (χ2n) is 9.66. The number of hydrazone groups is 1. The normalized spacial score (nSPS) is 17.5. The number of ether oxygens (including phenoxy) is 1. The summed E-state index contributed by atoms with van der Waals surface area (Å²) >= 11 is 5.40. The highest BCUT2D eigenvalue weighted by molar-refractivity contribution is 7.80. The van der Waals surface area contributed by atoms with Gasteiger partial charge in [0.2, 0.25) is 0 Å². The molecule has 0 amide bonds. The molecule has 39 heavy (non-hydrogen) atoms. The summed E-state index contributed by atoms with van der Waals surface area (Å²) in [5, 5.41) is 19.8. The molecule has 4 heterocycles. The molecule has 196 valence electrons. The zero-order valence-electron chi connectivity index (χ0n) is 21.3. The lowest BCUT2D eigenvalue weighted by Crippen LogP contribution is -2.44. The van der Waals surface area contributed by atoms with Gasteiger partial charge in [-0.05, 0) is 49.8 Å². The SMILES string of the molecule is CC[C@@]1(O)C(=O)OCc2c1cc1n(c2=O)Cc2c-1nc1ccccc1c2C=NNC(=S)Nc1ccc(C)cc1. The molecular formula is C29H25N5O4S. The summed E-state index contributed by atoms with van der Waals surface area (Å²) in [5.74, 6) is -0.749. The van der Waals surface area contributed by atoms with E-state index in [1.54, 1.807) is 23.8 Å². The molecule has 10 heteroatoms. The van der Waals surface area contributed by atoms with Gasteiger partial charge in [-0.25, -0.2) is 9.78 Å². The molecular weight excluding hydrogens is 514 g/mol. The number of hydrogen-bond acceptors (Lipinski definition) is 7. The van der Waals surface area contributed by atoms with E-state index in [4.69, 9.17) is 21.9 Å². The molecule has 9 nitrogen and oxygen atoms in total. The fraction of sp³-hybridized carbons (Fsp3) is 0.207.